The van der Waals surface area contributed by atoms with Gasteiger partial charge in [-0.2, -0.15) is 9.99 Å². The number of anilines is 2. The van der Waals surface area contributed by atoms with Gasteiger partial charge >= 0.3 is 11.8 Å². The summed E-state index contributed by atoms with van der Waals surface area (Å²) in [6, 6.07) is 2.71. The number of carbonyl (C=O) groups is 1. The van der Waals surface area contributed by atoms with E-state index in [0.717, 1.165) is 0 Å². The first-order valence-electron chi connectivity index (χ1n) is 8.19. The summed E-state index contributed by atoms with van der Waals surface area (Å²) in [7, 11) is 0. The third-order valence-electron chi connectivity index (χ3n) is 4.05. The highest BCUT2D eigenvalue weighted by molar-refractivity contribution is 6.00. The minimum absolute atomic E-state index is 0.0815. The normalized spacial score (nSPS) is 14.2. The molecule has 3 N–H and O–H groups in total. The number of hydrogen-bond acceptors (Lipinski definition) is 9. The lowest BCUT2D eigenvalue weighted by atomic mass is 10.1. The van der Waals surface area contributed by atoms with Gasteiger partial charge in [-0.25, -0.2) is 15.4 Å². The van der Waals surface area contributed by atoms with Crippen LogP contribution in [0.5, 0.6) is 0 Å². The highest BCUT2D eigenvalue weighted by Crippen LogP contribution is 2.35. The van der Waals surface area contributed by atoms with Crippen LogP contribution in [0.4, 0.5) is 22.0 Å². The second-order valence-electron chi connectivity index (χ2n) is 5.68. The summed E-state index contributed by atoms with van der Waals surface area (Å²) in [4.78, 5) is 42.8. The van der Waals surface area contributed by atoms with Gasteiger partial charge in [0.2, 0.25) is 0 Å². The minimum atomic E-state index is -0.900. The van der Waals surface area contributed by atoms with Gasteiger partial charge in [0.05, 0.1) is 30.3 Å². The maximum absolute atomic E-state index is 12.0. The molecule has 3 rings (SSSR count). The Balaban J connectivity index is 2.20. The van der Waals surface area contributed by atoms with Crippen molar-refractivity contribution in [3.05, 3.63) is 32.7 Å². The van der Waals surface area contributed by atoms with E-state index in [1.165, 1.54) is 12.1 Å². The molecule has 2 aromatic rings. The Kier molecular flexibility index (Phi) is 5.19. The monoisotopic (exact) mass is 378 g/mol. The molecule has 1 aromatic carbocycles. The van der Waals surface area contributed by atoms with Gasteiger partial charge in [-0.3, -0.25) is 10.1 Å². The van der Waals surface area contributed by atoms with Crippen molar-refractivity contribution in [2.24, 2.45) is 5.84 Å². The average molecular weight is 378 g/mol. The summed E-state index contributed by atoms with van der Waals surface area (Å²) in [5.41, 5.74) is -0.529. The number of nitro benzene ring substituents is 1. The molecule has 0 atom stereocenters. The predicted octanol–water partition coefficient (Wildman–Crippen LogP) is 0.505. The van der Waals surface area contributed by atoms with Crippen LogP contribution in [0.2, 0.25) is 0 Å². The van der Waals surface area contributed by atoms with E-state index in [0.29, 0.717) is 37.0 Å². The number of amides is 1. The number of morpholine rings is 1. The maximum Gasteiger partial charge on any atom is 0.430 e. The number of nitrogens with one attached hydrogen (secondary N) is 1. The summed E-state index contributed by atoms with van der Waals surface area (Å²) < 4.78 is 10.1. The number of hydrogen-bond donors (Lipinski definition) is 2. The van der Waals surface area contributed by atoms with Crippen molar-refractivity contribution in [2.75, 3.05) is 42.8 Å². The lowest BCUT2D eigenvalue weighted by molar-refractivity contribution is -0.384. The number of hydrazine groups is 1. The van der Waals surface area contributed by atoms with Crippen LogP contribution in [0.1, 0.15) is 6.92 Å². The number of nitrogens with two attached hydrogens (primary N) is 1. The molecule has 0 bridgehead atoms. The molecule has 0 spiro atoms. The Morgan fingerprint density at radius 1 is 1.48 bits per heavy atom. The zero-order valence-electron chi connectivity index (χ0n) is 14.5. The predicted molar refractivity (Wildman–Crippen MR) is 95.7 cm³/mol. The number of carbonyl (C=O) groups excluding carboxylic acids is 1. The number of benzene rings is 1. The van der Waals surface area contributed by atoms with Gasteiger partial charge in [-0.15, -0.1) is 0 Å². The van der Waals surface area contributed by atoms with Crippen molar-refractivity contribution in [3.8, 4) is 0 Å². The van der Waals surface area contributed by atoms with Crippen LogP contribution in [-0.4, -0.2) is 53.9 Å². The molecule has 2 heterocycles. The molecule has 0 saturated carbocycles. The fraction of sp³-hybridized carbons (Fsp3) is 0.400. The Morgan fingerprint density at radius 3 is 2.81 bits per heavy atom. The minimum Gasteiger partial charge on any atom is -0.448 e. The molecule has 27 heavy (non-hydrogen) atoms. The first-order chi connectivity index (χ1) is 12.9. The molecule has 0 aliphatic carbocycles. The molecule has 1 aromatic heterocycles. The van der Waals surface area contributed by atoms with E-state index in [9.17, 15) is 19.7 Å². The first kappa shape index (κ1) is 18.5. The molecule has 0 unspecified atom stereocenters. The fourth-order valence-electron chi connectivity index (χ4n) is 2.83. The lowest BCUT2D eigenvalue weighted by Crippen LogP contribution is -2.40. The van der Waals surface area contributed by atoms with E-state index in [2.05, 4.69) is 9.97 Å². The van der Waals surface area contributed by atoms with Crippen molar-refractivity contribution < 1.29 is 19.2 Å². The van der Waals surface area contributed by atoms with Crippen LogP contribution < -0.4 is 21.4 Å². The molecular formula is C15H18N6O6. The van der Waals surface area contributed by atoms with Gasteiger partial charge in [0, 0.05) is 24.5 Å². The number of H-pyrrole nitrogens is 1. The first-order valence-corrected chi connectivity index (χ1v) is 8.19. The third-order valence-corrected chi connectivity index (χ3v) is 4.05. The molecule has 12 nitrogen and oxygen atoms in total. The number of aromatic nitrogens is 2. The van der Waals surface area contributed by atoms with Crippen LogP contribution in [0, 0.1) is 10.1 Å². The molecule has 1 fully saturated rings. The smallest absolute Gasteiger partial charge is 0.430 e. The molecule has 1 aliphatic rings. The van der Waals surface area contributed by atoms with Gasteiger partial charge in [0.1, 0.15) is 5.69 Å². The quantitative estimate of drug-likeness (QED) is 0.334. The van der Waals surface area contributed by atoms with Crippen LogP contribution in [0.25, 0.3) is 10.9 Å². The lowest BCUT2D eigenvalue weighted by Gasteiger charge is -2.28. The molecule has 1 saturated heterocycles. The Bertz CT molecular complexity index is 938. The summed E-state index contributed by atoms with van der Waals surface area (Å²) in [6.07, 6.45) is -0.900. The topological polar surface area (TPSA) is 157 Å². The second-order valence-corrected chi connectivity index (χ2v) is 5.68. The standard InChI is InChI=1S/C15H18N6O6/c1-2-27-15(23)20(16)13-9-7-11(19-3-5-26-6-4-19)12(21(24)25)8-10(9)17-14(22)18-13/h7-8H,2-6,16H2,1H3,(H,17,18,22). The van der Waals surface area contributed by atoms with E-state index >= 15 is 0 Å². The highest BCUT2D eigenvalue weighted by Gasteiger charge is 2.26. The van der Waals surface area contributed by atoms with Crippen LogP contribution in [0.3, 0.4) is 0 Å². The third kappa shape index (κ3) is 3.66. The molecule has 1 amide bonds. The zero-order valence-corrected chi connectivity index (χ0v) is 14.5. The Hall–Kier alpha value is -3.25. The van der Waals surface area contributed by atoms with Crippen molar-refractivity contribution in [2.45, 2.75) is 6.92 Å². The van der Waals surface area contributed by atoms with Crippen molar-refractivity contribution in [1.82, 2.24) is 9.97 Å². The van der Waals surface area contributed by atoms with Gasteiger partial charge in [-0.05, 0) is 13.0 Å². The van der Waals surface area contributed by atoms with Gasteiger partial charge < -0.3 is 19.4 Å². The number of rotatable bonds is 4. The molecule has 12 heteroatoms. The molecular weight excluding hydrogens is 360 g/mol. The van der Waals surface area contributed by atoms with E-state index in [4.69, 9.17) is 15.3 Å². The van der Waals surface area contributed by atoms with Gasteiger partial charge in [0.15, 0.2) is 5.82 Å². The largest absolute Gasteiger partial charge is 0.448 e. The summed E-state index contributed by atoms with van der Waals surface area (Å²) in [5.74, 6) is 5.61. The highest BCUT2D eigenvalue weighted by atomic mass is 16.6. The number of aromatic amines is 1. The summed E-state index contributed by atoms with van der Waals surface area (Å²) in [5, 5.41) is 12.4. The van der Waals surface area contributed by atoms with Crippen LogP contribution >= 0.6 is 0 Å². The van der Waals surface area contributed by atoms with Gasteiger partial charge in [0.25, 0.3) is 5.69 Å². The Morgan fingerprint density at radius 2 is 2.19 bits per heavy atom. The molecule has 144 valence electrons. The van der Waals surface area contributed by atoms with E-state index < -0.39 is 16.7 Å². The van der Waals surface area contributed by atoms with E-state index in [1.54, 1.807) is 11.8 Å². The number of ether oxygens (including phenoxy) is 2. The second kappa shape index (κ2) is 7.55. The van der Waals surface area contributed by atoms with E-state index in [-0.39, 0.29) is 29.0 Å². The summed E-state index contributed by atoms with van der Waals surface area (Å²) >= 11 is 0. The number of fused-ring (bicyclic) bond motifs is 1. The van der Waals surface area contributed by atoms with E-state index in [1.807, 2.05) is 0 Å². The van der Waals surface area contributed by atoms with Crippen molar-refractivity contribution >= 4 is 34.2 Å². The average Bonchev–Trinajstić information content (AvgIpc) is 2.66. The molecule has 0 radical (unpaired) electrons. The maximum atomic E-state index is 12.0. The van der Waals surface area contributed by atoms with Gasteiger partial charge in [-0.1, -0.05) is 0 Å². The summed E-state index contributed by atoms with van der Waals surface area (Å²) in [6.45, 7) is 3.47. The molecule has 1 aliphatic heterocycles. The van der Waals surface area contributed by atoms with Crippen LogP contribution in [-0.2, 0) is 9.47 Å². The fourth-order valence-corrected chi connectivity index (χ4v) is 2.83. The SMILES string of the molecule is CCOC(=O)N(N)c1nc(=O)[nH]c2cc([N+](=O)[O-])c(N3CCOCC3)cc12. The van der Waals surface area contributed by atoms with Crippen molar-refractivity contribution in [3.63, 3.8) is 0 Å². The number of nitrogens with zero attached hydrogens (tertiary/aromatic N) is 4. The van der Waals surface area contributed by atoms with Crippen molar-refractivity contribution in [1.29, 1.82) is 0 Å². The Labute approximate surface area is 152 Å². The zero-order chi connectivity index (χ0) is 19.6. The number of nitro groups is 1. The van der Waals surface area contributed by atoms with Crippen LogP contribution in [0.15, 0.2) is 16.9 Å².